The van der Waals surface area contributed by atoms with Crippen molar-refractivity contribution in [1.29, 1.82) is 0 Å². The molecule has 1 aromatic carbocycles. The lowest BCUT2D eigenvalue weighted by atomic mass is 10.1. The van der Waals surface area contributed by atoms with Crippen LogP contribution in [0.4, 0.5) is 0 Å². The second-order valence-electron chi connectivity index (χ2n) is 4.63. The molecule has 0 amide bonds. The number of rotatable bonds is 2. The predicted molar refractivity (Wildman–Crippen MR) is 76.0 cm³/mol. The number of sulfonamides is 1. The van der Waals surface area contributed by atoms with Crippen LogP contribution in [0.2, 0.25) is 0 Å². The van der Waals surface area contributed by atoms with Crippen molar-refractivity contribution in [3.63, 3.8) is 0 Å². The Morgan fingerprint density at radius 2 is 1.39 bits per heavy atom. The SMILES string of the molecule is O=S(=O)(c1ccc(Br)cc1)N1CCCCCCC1. The minimum Gasteiger partial charge on any atom is -0.207 e. The van der Waals surface area contributed by atoms with Crippen LogP contribution >= 0.6 is 15.9 Å². The van der Waals surface area contributed by atoms with Crippen LogP contribution in [-0.4, -0.2) is 25.8 Å². The highest BCUT2D eigenvalue weighted by Crippen LogP contribution is 2.21. The van der Waals surface area contributed by atoms with Gasteiger partial charge in [-0.1, -0.05) is 35.2 Å². The molecule has 2 rings (SSSR count). The van der Waals surface area contributed by atoms with E-state index in [0.29, 0.717) is 18.0 Å². The minimum absolute atomic E-state index is 0.395. The predicted octanol–water partition coefficient (Wildman–Crippen LogP) is 3.40. The van der Waals surface area contributed by atoms with Gasteiger partial charge in [0.1, 0.15) is 0 Å². The van der Waals surface area contributed by atoms with Gasteiger partial charge in [0, 0.05) is 17.6 Å². The van der Waals surface area contributed by atoms with Gasteiger partial charge in [0.25, 0.3) is 0 Å². The van der Waals surface area contributed by atoms with Gasteiger partial charge in [-0.2, -0.15) is 4.31 Å². The molecule has 0 bridgehead atoms. The van der Waals surface area contributed by atoms with Crippen molar-refractivity contribution < 1.29 is 8.42 Å². The normalized spacial score (nSPS) is 19.2. The molecule has 1 fully saturated rings. The summed E-state index contributed by atoms with van der Waals surface area (Å²) in [5, 5.41) is 0. The van der Waals surface area contributed by atoms with Crippen molar-refractivity contribution in [2.45, 2.75) is 37.0 Å². The summed E-state index contributed by atoms with van der Waals surface area (Å²) in [6.45, 7) is 1.30. The van der Waals surface area contributed by atoms with E-state index in [1.54, 1.807) is 28.6 Å². The van der Waals surface area contributed by atoms with Crippen LogP contribution in [0.5, 0.6) is 0 Å². The summed E-state index contributed by atoms with van der Waals surface area (Å²) < 4.78 is 27.5. The van der Waals surface area contributed by atoms with E-state index in [1.807, 2.05) is 0 Å². The van der Waals surface area contributed by atoms with Crippen molar-refractivity contribution in [3.8, 4) is 0 Å². The maximum Gasteiger partial charge on any atom is 0.243 e. The highest BCUT2D eigenvalue weighted by atomic mass is 79.9. The van der Waals surface area contributed by atoms with E-state index < -0.39 is 10.0 Å². The van der Waals surface area contributed by atoms with Crippen LogP contribution < -0.4 is 0 Å². The first kappa shape index (κ1) is 14.0. The molecule has 0 aliphatic carbocycles. The van der Waals surface area contributed by atoms with E-state index in [-0.39, 0.29) is 0 Å². The maximum absolute atomic E-state index is 12.5. The first-order chi connectivity index (χ1) is 8.60. The van der Waals surface area contributed by atoms with Crippen LogP contribution in [0.15, 0.2) is 33.6 Å². The summed E-state index contributed by atoms with van der Waals surface area (Å²) in [4.78, 5) is 0.395. The lowest BCUT2D eigenvalue weighted by Gasteiger charge is -2.24. The van der Waals surface area contributed by atoms with Gasteiger partial charge in [-0.25, -0.2) is 8.42 Å². The van der Waals surface area contributed by atoms with Crippen molar-refractivity contribution in [3.05, 3.63) is 28.7 Å². The fourth-order valence-corrected chi connectivity index (χ4v) is 4.00. The Hall–Kier alpha value is -0.390. The summed E-state index contributed by atoms with van der Waals surface area (Å²) in [6, 6.07) is 6.88. The molecule has 18 heavy (non-hydrogen) atoms. The molecule has 1 aromatic rings. The van der Waals surface area contributed by atoms with Crippen LogP contribution in [0.1, 0.15) is 32.1 Å². The Morgan fingerprint density at radius 3 is 1.94 bits per heavy atom. The van der Waals surface area contributed by atoms with Gasteiger partial charge < -0.3 is 0 Å². The van der Waals surface area contributed by atoms with Gasteiger partial charge in [-0.05, 0) is 37.1 Å². The monoisotopic (exact) mass is 331 g/mol. The average molecular weight is 332 g/mol. The van der Waals surface area contributed by atoms with E-state index in [4.69, 9.17) is 0 Å². The topological polar surface area (TPSA) is 37.4 Å². The average Bonchev–Trinajstić information content (AvgIpc) is 2.28. The highest BCUT2D eigenvalue weighted by Gasteiger charge is 2.24. The van der Waals surface area contributed by atoms with Crippen molar-refractivity contribution in [1.82, 2.24) is 4.31 Å². The highest BCUT2D eigenvalue weighted by molar-refractivity contribution is 9.10. The fraction of sp³-hybridized carbons (Fsp3) is 0.538. The van der Waals surface area contributed by atoms with E-state index >= 15 is 0 Å². The Bertz CT molecular complexity index is 476. The number of hydrogen-bond donors (Lipinski definition) is 0. The Labute approximate surface area is 117 Å². The molecule has 1 aliphatic heterocycles. The second-order valence-corrected chi connectivity index (χ2v) is 7.48. The number of nitrogens with zero attached hydrogens (tertiary/aromatic N) is 1. The molecule has 0 atom stereocenters. The van der Waals surface area contributed by atoms with Gasteiger partial charge in [0.2, 0.25) is 10.0 Å². The molecule has 1 saturated heterocycles. The molecule has 0 spiro atoms. The summed E-state index contributed by atoms with van der Waals surface area (Å²) in [5.41, 5.74) is 0. The molecular formula is C13H18BrNO2S. The molecule has 0 radical (unpaired) electrons. The standard InChI is InChI=1S/C13H18BrNO2S/c14-12-6-8-13(9-7-12)18(16,17)15-10-4-2-1-3-5-11-15/h6-9H,1-5,10-11H2. The third kappa shape index (κ3) is 3.33. The van der Waals surface area contributed by atoms with E-state index in [9.17, 15) is 8.42 Å². The molecule has 5 heteroatoms. The lowest BCUT2D eigenvalue weighted by Crippen LogP contribution is -2.33. The first-order valence-corrected chi connectivity index (χ1v) is 8.60. The molecular weight excluding hydrogens is 314 g/mol. The molecule has 1 heterocycles. The van der Waals surface area contributed by atoms with Gasteiger partial charge >= 0.3 is 0 Å². The molecule has 100 valence electrons. The quantitative estimate of drug-likeness (QED) is 0.832. The number of benzene rings is 1. The summed E-state index contributed by atoms with van der Waals surface area (Å²) in [5.74, 6) is 0. The number of hydrogen-bond acceptors (Lipinski definition) is 2. The van der Waals surface area contributed by atoms with Crippen LogP contribution in [-0.2, 0) is 10.0 Å². The van der Waals surface area contributed by atoms with Crippen LogP contribution in [0.3, 0.4) is 0 Å². The Kier molecular flexibility index (Phi) is 4.81. The summed E-state index contributed by atoms with van der Waals surface area (Å²) >= 11 is 3.32. The molecule has 0 aromatic heterocycles. The third-order valence-electron chi connectivity index (χ3n) is 3.27. The molecule has 0 saturated carbocycles. The van der Waals surface area contributed by atoms with Crippen molar-refractivity contribution in [2.24, 2.45) is 0 Å². The van der Waals surface area contributed by atoms with Gasteiger partial charge in [-0.3, -0.25) is 0 Å². The van der Waals surface area contributed by atoms with Crippen LogP contribution in [0.25, 0.3) is 0 Å². The van der Waals surface area contributed by atoms with Gasteiger partial charge in [-0.15, -0.1) is 0 Å². The largest absolute Gasteiger partial charge is 0.243 e. The molecule has 0 unspecified atom stereocenters. The number of halogens is 1. The summed E-state index contributed by atoms with van der Waals surface area (Å²) in [6.07, 6.45) is 5.43. The van der Waals surface area contributed by atoms with E-state index in [2.05, 4.69) is 15.9 Å². The van der Waals surface area contributed by atoms with Crippen LogP contribution in [0, 0.1) is 0 Å². The van der Waals surface area contributed by atoms with Crippen molar-refractivity contribution >= 4 is 26.0 Å². The second kappa shape index (κ2) is 6.17. The van der Waals surface area contributed by atoms with Gasteiger partial charge in [0.15, 0.2) is 0 Å². The minimum atomic E-state index is -3.31. The van der Waals surface area contributed by atoms with Gasteiger partial charge in [0.05, 0.1) is 4.90 Å². The van der Waals surface area contributed by atoms with E-state index in [0.717, 1.165) is 30.2 Å². The zero-order valence-corrected chi connectivity index (χ0v) is 12.7. The maximum atomic E-state index is 12.5. The molecule has 1 aliphatic rings. The van der Waals surface area contributed by atoms with E-state index in [1.165, 1.54) is 6.42 Å². The lowest BCUT2D eigenvalue weighted by molar-refractivity contribution is 0.364. The Balaban J connectivity index is 2.20. The smallest absolute Gasteiger partial charge is 0.207 e. The Morgan fingerprint density at radius 1 is 0.889 bits per heavy atom. The summed E-state index contributed by atoms with van der Waals surface area (Å²) in [7, 11) is -3.31. The zero-order chi connectivity index (χ0) is 13.0. The third-order valence-corrected chi connectivity index (χ3v) is 5.71. The fourth-order valence-electron chi connectivity index (χ4n) is 2.21. The first-order valence-electron chi connectivity index (χ1n) is 6.36. The molecule has 0 N–H and O–H groups in total. The zero-order valence-electron chi connectivity index (χ0n) is 10.3. The molecule has 3 nitrogen and oxygen atoms in total. The van der Waals surface area contributed by atoms with Crippen molar-refractivity contribution in [2.75, 3.05) is 13.1 Å².